The van der Waals surface area contributed by atoms with Crippen LogP contribution in [0.15, 0.2) is 46.6 Å². The molecule has 0 aliphatic rings. The maximum absolute atomic E-state index is 12.5. The molecule has 3 aromatic rings. The molecule has 0 aliphatic heterocycles. The van der Waals surface area contributed by atoms with Crippen molar-refractivity contribution in [3.63, 3.8) is 0 Å². The number of amides is 1. The Labute approximate surface area is 165 Å². The fraction of sp³-hybridized carbons (Fsp3) is 0.300. The van der Waals surface area contributed by atoms with Gasteiger partial charge in [0.1, 0.15) is 0 Å². The lowest BCUT2D eigenvalue weighted by molar-refractivity contribution is -0.125. The zero-order valence-electron chi connectivity index (χ0n) is 15.8. The van der Waals surface area contributed by atoms with Crippen LogP contribution in [-0.4, -0.2) is 28.3 Å². The Balaban J connectivity index is 1.72. The zero-order chi connectivity index (χ0) is 20.3. The molecule has 146 valence electrons. The quantitative estimate of drug-likeness (QED) is 0.644. The number of aryl methyl sites for hydroxylation is 1. The van der Waals surface area contributed by atoms with Gasteiger partial charge in [0.2, 0.25) is 0 Å². The molecule has 1 aromatic carbocycles. The number of benzene rings is 1. The van der Waals surface area contributed by atoms with Crippen LogP contribution in [-0.2, 0) is 16.6 Å². The highest BCUT2D eigenvalue weighted by atomic mass is 32.1. The van der Waals surface area contributed by atoms with Gasteiger partial charge in [0.25, 0.3) is 11.5 Å². The number of fused-ring (bicyclic) bond motifs is 1. The van der Waals surface area contributed by atoms with Crippen LogP contribution in [0.3, 0.4) is 0 Å². The summed E-state index contributed by atoms with van der Waals surface area (Å²) in [5.74, 6) is -0.957. The molecule has 28 heavy (non-hydrogen) atoms. The topological polar surface area (TPSA) is 90.3 Å². The molecule has 1 atom stereocenters. The number of nitrogens with zero attached hydrogens (tertiary/aromatic N) is 2. The Morgan fingerprint density at radius 2 is 1.89 bits per heavy atom. The lowest BCUT2D eigenvalue weighted by atomic mass is 10.0. The van der Waals surface area contributed by atoms with Crippen LogP contribution in [0.4, 0.5) is 0 Å². The Bertz CT molecular complexity index is 1060. The summed E-state index contributed by atoms with van der Waals surface area (Å²) in [4.78, 5) is 38.0. The summed E-state index contributed by atoms with van der Waals surface area (Å²) in [6.45, 7) is 3.60. The first-order valence-corrected chi connectivity index (χ1v) is 9.72. The predicted octanol–water partition coefficient (Wildman–Crippen LogP) is 2.67. The molecule has 7 nitrogen and oxygen atoms in total. The van der Waals surface area contributed by atoms with E-state index in [1.165, 1.54) is 7.05 Å². The maximum atomic E-state index is 12.5. The monoisotopic (exact) mass is 399 g/mol. The van der Waals surface area contributed by atoms with Crippen molar-refractivity contribution in [1.82, 2.24) is 15.1 Å². The van der Waals surface area contributed by atoms with Crippen molar-refractivity contribution in [2.45, 2.75) is 19.9 Å². The minimum Gasteiger partial charge on any atom is -0.451 e. The van der Waals surface area contributed by atoms with Gasteiger partial charge < -0.3 is 10.1 Å². The minimum absolute atomic E-state index is 0.00386. The first-order chi connectivity index (χ1) is 13.4. The van der Waals surface area contributed by atoms with Crippen molar-refractivity contribution in [3.8, 4) is 0 Å². The van der Waals surface area contributed by atoms with E-state index in [2.05, 4.69) is 10.4 Å². The lowest BCUT2D eigenvalue weighted by Gasteiger charge is -2.21. The second kappa shape index (κ2) is 8.35. The average molecular weight is 399 g/mol. The lowest BCUT2D eigenvalue weighted by Crippen LogP contribution is -2.34. The summed E-state index contributed by atoms with van der Waals surface area (Å²) in [7, 11) is 1.46. The molecule has 0 aliphatic carbocycles. The van der Waals surface area contributed by atoms with Crippen molar-refractivity contribution < 1.29 is 14.3 Å². The number of thiophene rings is 1. The van der Waals surface area contributed by atoms with E-state index in [4.69, 9.17) is 4.74 Å². The van der Waals surface area contributed by atoms with Crippen LogP contribution >= 0.6 is 11.3 Å². The molecule has 1 N–H and O–H groups in total. The highest BCUT2D eigenvalue weighted by Crippen LogP contribution is 2.25. The molecule has 0 saturated heterocycles. The van der Waals surface area contributed by atoms with Crippen LogP contribution in [0.2, 0.25) is 0 Å². The van der Waals surface area contributed by atoms with E-state index in [-0.39, 0.29) is 23.2 Å². The molecular weight excluding hydrogens is 378 g/mol. The number of hydrogen-bond donors (Lipinski definition) is 1. The van der Waals surface area contributed by atoms with E-state index in [1.54, 1.807) is 35.6 Å². The average Bonchev–Trinajstić information content (AvgIpc) is 3.21. The molecule has 2 aromatic heterocycles. The van der Waals surface area contributed by atoms with Gasteiger partial charge in [0.05, 0.1) is 11.4 Å². The van der Waals surface area contributed by atoms with Gasteiger partial charge in [-0.25, -0.2) is 9.48 Å². The summed E-state index contributed by atoms with van der Waals surface area (Å²) in [6.07, 6.45) is 0. The van der Waals surface area contributed by atoms with Gasteiger partial charge in [-0.1, -0.05) is 38.1 Å². The van der Waals surface area contributed by atoms with Crippen LogP contribution in [0.1, 0.15) is 35.3 Å². The predicted molar refractivity (Wildman–Crippen MR) is 107 cm³/mol. The fourth-order valence-corrected chi connectivity index (χ4v) is 3.85. The normalized spacial score (nSPS) is 12.1. The number of nitrogens with one attached hydrogen (secondary N) is 1. The highest BCUT2D eigenvalue weighted by Gasteiger charge is 2.22. The van der Waals surface area contributed by atoms with E-state index in [9.17, 15) is 14.4 Å². The Morgan fingerprint density at radius 3 is 2.54 bits per heavy atom. The summed E-state index contributed by atoms with van der Waals surface area (Å²) in [6, 6.07) is 10.4. The molecular formula is C20H21N3O4S. The molecule has 1 unspecified atom stereocenters. The zero-order valence-corrected chi connectivity index (χ0v) is 16.7. The van der Waals surface area contributed by atoms with Crippen molar-refractivity contribution in [3.05, 3.63) is 62.7 Å². The van der Waals surface area contributed by atoms with Crippen molar-refractivity contribution in [2.75, 3.05) is 6.61 Å². The highest BCUT2D eigenvalue weighted by molar-refractivity contribution is 7.10. The Kier molecular flexibility index (Phi) is 5.89. The van der Waals surface area contributed by atoms with E-state index < -0.39 is 18.5 Å². The van der Waals surface area contributed by atoms with E-state index >= 15 is 0 Å². The molecule has 3 rings (SSSR count). The minimum atomic E-state index is -0.751. The van der Waals surface area contributed by atoms with Crippen molar-refractivity contribution in [2.24, 2.45) is 13.0 Å². The van der Waals surface area contributed by atoms with Gasteiger partial charge in [0, 0.05) is 17.3 Å². The summed E-state index contributed by atoms with van der Waals surface area (Å²) < 4.78 is 6.25. The van der Waals surface area contributed by atoms with Crippen LogP contribution < -0.4 is 10.9 Å². The number of esters is 1. The number of hydrogen-bond acceptors (Lipinski definition) is 6. The maximum Gasteiger partial charge on any atom is 0.359 e. The third-order valence-corrected chi connectivity index (χ3v) is 5.27. The van der Waals surface area contributed by atoms with E-state index in [0.29, 0.717) is 10.8 Å². The largest absolute Gasteiger partial charge is 0.451 e. The standard InChI is InChI=1S/C20H21N3O4S/c1-12(2)17(15-9-6-10-28-15)21-16(24)11-27-20(26)18-13-7-4-5-8-14(13)19(25)23(3)22-18/h4-10,12,17H,11H2,1-3H3,(H,21,24). The number of ether oxygens (including phenoxy) is 1. The smallest absolute Gasteiger partial charge is 0.359 e. The summed E-state index contributed by atoms with van der Waals surface area (Å²) >= 11 is 1.56. The van der Waals surface area contributed by atoms with Crippen molar-refractivity contribution in [1.29, 1.82) is 0 Å². The molecule has 1 amide bonds. The third-order valence-electron chi connectivity index (χ3n) is 4.32. The number of carbonyl (C=O) groups is 2. The van der Waals surface area contributed by atoms with Crippen LogP contribution in [0, 0.1) is 5.92 Å². The van der Waals surface area contributed by atoms with Gasteiger partial charge in [-0.2, -0.15) is 5.10 Å². The first-order valence-electron chi connectivity index (χ1n) is 8.84. The van der Waals surface area contributed by atoms with Gasteiger partial charge >= 0.3 is 5.97 Å². The SMILES string of the molecule is CC(C)C(NC(=O)COC(=O)c1nn(C)c(=O)c2ccccc12)c1cccs1. The van der Waals surface area contributed by atoms with Gasteiger partial charge in [-0.05, 0) is 23.4 Å². The number of carbonyl (C=O) groups excluding carboxylic acids is 2. The molecule has 2 heterocycles. The van der Waals surface area contributed by atoms with Gasteiger partial charge in [0.15, 0.2) is 12.3 Å². The van der Waals surface area contributed by atoms with E-state index in [0.717, 1.165) is 9.56 Å². The molecule has 0 bridgehead atoms. The fourth-order valence-electron chi connectivity index (χ4n) is 2.90. The van der Waals surface area contributed by atoms with E-state index in [1.807, 2.05) is 31.4 Å². The number of rotatable bonds is 6. The van der Waals surface area contributed by atoms with Crippen molar-refractivity contribution >= 4 is 34.0 Å². The third kappa shape index (κ3) is 4.12. The molecule has 0 spiro atoms. The summed E-state index contributed by atoms with van der Waals surface area (Å²) in [5, 5.41) is 9.63. The number of aromatic nitrogens is 2. The molecule has 0 saturated carbocycles. The summed E-state index contributed by atoms with van der Waals surface area (Å²) in [5.41, 5.74) is -0.301. The second-order valence-corrected chi connectivity index (χ2v) is 7.68. The van der Waals surface area contributed by atoms with Crippen LogP contribution in [0.5, 0.6) is 0 Å². The molecule has 0 radical (unpaired) electrons. The first kappa shape index (κ1) is 19.8. The Morgan fingerprint density at radius 1 is 1.18 bits per heavy atom. The molecule has 0 fully saturated rings. The van der Waals surface area contributed by atoms with Gasteiger partial charge in [-0.15, -0.1) is 11.3 Å². The molecule has 8 heteroatoms. The second-order valence-electron chi connectivity index (χ2n) is 6.70. The van der Waals surface area contributed by atoms with Gasteiger partial charge in [-0.3, -0.25) is 9.59 Å². The Hall–Kier alpha value is -3.00. The van der Waals surface area contributed by atoms with Crippen LogP contribution in [0.25, 0.3) is 10.8 Å².